The molecule has 21 heavy (non-hydrogen) atoms. The number of aryl methyl sites for hydroxylation is 2. The number of nitriles is 2. The topological polar surface area (TPSA) is 112 Å². The van der Waals surface area contributed by atoms with Gasteiger partial charge in [0.1, 0.15) is 11.6 Å². The summed E-state index contributed by atoms with van der Waals surface area (Å²) in [7, 11) is -2.28. The first kappa shape index (κ1) is 14.6. The van der Waals surface area contributed by atoms with Crippen molar-refractivity contribution in [1.82, 2.24) is 9.78 Å². The number of hydrogen-bond donors (Lipinski definition) is 1. The van der Waals surface area contributed by atoms with Crippen LogP contribution in [0.5, 0.6) is 0 Å². The number of hydrogen-bond acceptors (Lipinski definition) is 5. The zero-order valence-electron chi connectivity index (χ0n) is 11.3. The molecule has 0 spiro atoms. The minimum absolute atomic E-state index is 0.00791. The zero-order valence-corrected chi connectivity index (χ0v) is 12.1. The summed E-state index contributed by atoms with van der Waals surface area (Å²) in [4.78, 5) is 0.00791. The zero-order chi connectivity index (χ0) is 15.6. The molecule has 0 aliphatic heterocycles. The second-order valence-electron chi connectivity index (χ2n) is 4.37. The molecule has 0 fully saturated rings. The highest BCUT2D eigenvalue weighted by Gasteiger charge is 2.19. The van der Waals surface area contributed by atoms with Gasteiger partial charge in [-0.05, 0) is 30.7 Å². The number of rotatable bonds is 3. The Morgan fingerprint density at radius 1 is 1.24 bits per heavy atom. The van der Waals surface area contributed by atoms with Gasteiger partial charge in [0.25, 0.3) is 10.0 Å². The molecule has 0 aliphatic carbocycles. The van der Waals surface area contributed by atoms with Gasteiger partial charge in [-0.25, -0.2) is 8.42 Å². The fourth-order valence-corrected chi connectivity index (χ4v) is 2.86. The second kappa shape index (κ2) is 5.27. The maximum Gasteiger partial charge on any atom is 0.263 e. The normalized spacial score (nSPS) is 10.7. The third-order valence-electron chi connectivity index (χ3n) is 2.81. The first-order chi connectivity index (χ1) is 9.87. The Balaban J connectivity index is 2.42. The lowest BCUT2D eigenvalue weighted by Gasteiger charge is -2.07. The van der Waals surface area contributed by atoms with E-state index in [9.17, 15) is 8.42 Å². The van der Waals surface area contributed by atoms with Crippen LogP contribution >= 0.6 is 0 Å². The average molecular weight is 301 g/mol. The molecule has 0 saturated carbocycles. The first-order valence-corrected chi connectivity index (χ1v) is 7.33. The number of sulfonamides is 1. The van der Waals surface area contributed by atoms with Crippen molar-refractivity contribution in [2.75, 3.05) is 4.72 Å². The quantitative estimate of drug-likeness (QED) is 0.917. The smallest absolute Gasteiger partial charge is 0.263 e. The highest BCUT2D eigenvalue weighted by atomic mass is 32.2. The van der Waals surface area contributed by atoms with Crippen LogP contribution in [0.2, 0.25) is 0 Å². The summed E-state index contributed by atoms with van der Waals surface area (Å²) in [6.07, 6.45) is 1.42. The Morgan fingerprint density at radius 2 is 1.90 bits per heavy atom. The van der Waals surface area contributed by atoms with Gasteiger partial charge in [-0.3, -0.25) is 9.40 Å². The van der Waals surface area contributed by atoms with E-state index in [4.69, 9.17) is 10.5 Å². The minimum atomic E-state index is -3.87. The molecule has 106 valence electrons. The summed E-state index contributed by atoms with van der Waals surface area (Å²) in [6.45, 7) is 1.65. The van der Waals surface area contributed by atoms with Crippen LogP contribution in [0.15, 0.2) is 29.3 Å². The standard InChI is InChI=1S/C13H11N5O2S/c1-9-5-12(4-3-10(9)6-14)21(19,20)17-13-11(7-15)8-18(2)16-13/h3-5,8H,1-2H3,(H,16,17). The summed E-state index contributed by atoms with van der Waals surface area (Å²) in [5, 5.41) is 21.7. The van der Waals surface area contributed by atoms with Crippen LogP contribution in [0.1, 0.15) is 16.7 Å². The molecule has 0 amide bonds. The van der Waals surface area contributed by atoms with Gasteiger partial charge in [-0.1, -0.05) is 0 Å². The van der Waals surface area contributed by atoms with Crippen LogP contribution < -0.4 is 4.72 Å². The molecule has 1 aromatic carbocycles. The van der Waals surface area contributed by atoms with Gasteiger partial charge in [0.05, 0.1) is 16.5 Å². The van der Waals surface area contributed by atoms with Crippen molar-refractivity contribution < 1.29 is 8.42 Å². The van der Waals surface area contributed by atoms with E-state index in [0.29, 0.717) is 11.1 Å². The maximum atomic E-state index is 12.3. The maximum absolute atomic E-state index is 12.3. The first-order valence-electron chi connectivity index (χ1n) is 5.84. The Bertz CT molecular complexity index is 884. The fourth-order valence-electron chi connectivity index (χ4n) is 1.76. The molecule has 7 nitrogen and oxygen atoms in total. The molecule has 0 aliphatic rings. The van der Waals surface area contributed by atoms with Gasteiger partial charge < -0.3 is 0 Å². The third-order valence-corrected chi connectivity index (χ3v) is 4.15. The van der Waals surface area contributed by atoms with E-state index in [-0.39, 0.29) is 16.3 Å². The molecule has 1 heterocycles. The SMILES string of the molecule is Cc1cc(S(=O)(=O)Nc2nn(C)cc2C#N)ccc1C#N. The number of nitrogens with one attached hydrogen (secondary N) is 1. The van der Waals surface area contributed by atoms with E-state index < -0.39 is 10.0 Å². The molecule has 2 aromatic rings. The fraction of sp³-hybridized carbons (Fsp3) is 0.154. The molecular formula is C13H11N5O2S. The average Bonchev–Trinajstić information content (AvgIpc) is 2.77. The molecule has 8 heteroatoms. The van der Waals surface area contributed by atoms with Crippen LogP contribution in [0, 0.1) is 29.6 Å². The molecule has 0 radical (unpaired) electrons. The van der Waals surface area contributed by atoms with Crippen molar-refractivity contribution in [3.05, 3.63) is 41.1 Å². The summed E-state index contributed by atoms with van der Waals surface area (Å²) in [6, 6.07) is 8.01. The molecule has 0 bridgehead atoms. The van der Waals surface area contributed by atoms with E-state index in [2.05, 4.69) is 9.82 Å². The van der Waals surface area contributed by atoms with Crippen LogP contribution in [-0.2, 0) is 17.1 Å². The lowest BCUT2D eigenvalue weighted by atomic mass is 10.1. The summed E-state index contributed by atoms with van der Waals surface area (Å²) in [5.74, 6) is -0.0259. The predicted octanol–water partition coefficient (Wildman–Crippen LogP) is 1.27. The molecule has 1 aromatic heterocycles. The third kappa shape index (κ3) is 2.86. The van der Waals surface area contributed by atoms with Gasteiger partial charge in [0.15, 0.2) is 5.82 Å². The minimum Gasteiger partial charge on any atom is -0.272 e. The van der Waals surface area contributed by atoms with E-state index in [0.717, 1.165) is 0 Å². The summed E-state index contributed by atoms with van der Waals surface area (Å²) < 4.78 is 28.2. The second-order valence-corrected chi connectivity index (χ2v) is 6.05. The van der Waals surface area contributed by atoms with Crippen molar-refractivity contribution in [2.24, 2.45) is 7.05 Å². The lowest BCUT2D eigenvalue weighted by molar-refractivity contribution is 0.600. The summed E-state index contributed by atoms with van der Waals surface area (Å²) >= 11 is 0. The van der Waals surface area contributed by atoms with E-state index in [1.165, 1.54) is 29.1 Å². The Kier molecular flexibility index (Phi) is 3.66. The van der Waals surface area contributed by atoms with Crippen molar-refractivity contribution in [3.8, 4) is 12.1 Å². The van der Waals surface area contributed by atoms with Gasteiger partial charge in [-0.2, -0.15) is 15.6 Å². The monoisotopic (exact) mass is 301 g/mol. The molecule has 1 N–H and O–H groups in total. The molecule has 0 saturated heterocycles. The van der Waals surface area contributed by atoms with E-state index >= 15 is 0 Å². The van der Waals surface area contributed by atoms with Crippen molar-refractivity contribution in [1.29, 1.82) is 10.5 Å². The largest absolute Gasteiger partial charge is 0.272 e. The molecule has 0 atom stereocenters. The van der Waals surface area contributed by atoms with Gasteiger partial charge in [0.2, 0.25) is 0 Å². The molecular weight excluding hydrogens is 290 g/mol. The molecule has 0 unspecified atom stereocenters. The highest BCUT2D eigenvalue weighted by Crippen LogP contribution is 2.20. The number of nitrogens with zero attached hydrogens (tertiary/aromatic N) is 4. The van der Waals surface area contributed by atoms with Crippen molar-refractivity contribution in [3.63, 3.8) is 0 Å². The van der Waals surface area contributed by atoms with Gasteiger partial charge in [-0.15, -0.1) is 0 Å². The van der Waals surface area contributed by atoms with Crippen molar-refractivity contribution >= 4 is 15.8 Å². The van der Waals surface area contributed by atoms with E-state index in [1.807, 2.05) is 12.1 Å². The number of aromatic nitrogens is 2. The summed E-state index contributed by atoms with van der Waals surface area (Å²) in [5.41, 5.74) is 1.10. The Hall–Kier alpha value is -2.84. The van der Waals surface area contributed by atoms with Crippen LogP contribution in [-0.4, -0.2) is 18.2 Å². The van der Waals surface area contributed by atoms with E-state index in [1.54, 1.807) is 14.0 Å². The van der Waals surface area contributed by atoms with Crippen LogP contribution in [0.25, 0.3) is 0 Å². The Morgan fingerprint density at radius 3 is 2.48 bits per heavy atom. The van der Waals surface area contributed by atoms with Gasteiger partial charge >= 0.3 is 0 Å². The molecule has 2 rings (SSSR count). The van der Waals surface area contributed by atoms with Crippen molar-refractivity contribution in [2.45, 2.75) is 11.8 Å². The number of anilines is 1. The Labute approximate surface area is 122 Å². The van der Waals surface area contributed by atoms with Gasteiger partial charge in [0, 0.05) is 13.2 Å². The van der Waals surface area contributed by atoms with Crippen LogP contribution in [0.4, 0.5) is 5.82 Å². The highest BCUT2D eigenvalue weighted by molar-refractivity contribution is 7.92. The predicted molar refractivity (Wildman–Crippen MR) is 74.6 cm³/mol. The lowest BCUT2D eigenvalue weighted by Crippen LogP contribution is -2.14. The van der Waals surface area contributed by atoms with Crippen LogP contribution in [0.3, 0.4) is 0 Å². The number of benzene rings is 1.